The lowest BCUT2D eigenvalue weighted by atomic mass is 10.1. The van der Waals surface area contributed by atoms with Crippen LogP contribution in [0.2, 0.25) is 0 Å². The van der Waals surface area contributed by atoms with Gasteiger partial charge in [0.1, 0.15) is 12.9 Å². The maximum atomic E-state index is 12.4. The van der Waals surface area contributed by atoms with E-state index in [-0.39, 0.29) is 12.6 Å². The molecule has 4 rings (SSSR count). The second kappa shape index (κ2) is 8.63. The van der Waals surface area contributed by atoms with E-state index < -0.39 is 10.8 Å². The van der Waals surface area contributed by atoms with Gasteiger partial charge >= 0.3 is 5.97 Å². The summed E-state index contributed by atoms with van der Waals surface area (Å²) in [5, 5.41) is 0. The Bertz CT molecular complexity index is 1040. The molecule has 29 heavy (non-hydrogen) atoms. The van der Waals surface area contributed by atoms with E-state index in [0.717, 1.165) is 35.7 Å². The van der Waals surface area contributed by atoms with E-state index in [4.69, 9.17) is 4.74 Å². The molecule has 2 heterocycles. The van der Waals surface area contributed by atoms with Crippen LogP contribution in [0, 0.1) is 0 Å². The van der Waals surface area contributed by atoms with Crippen molar-refractivity contribution in [3.63, 3.8) is 0 Å². The molecule has 6 nitrogen and oxygen atoms in total. The third kappa shape index (κ3) is 4.75. The number of nitrogens with zero attached hydrogens (tertiary/aromatic N) is 3. The lowest BCUT2D eigenvalue weighted by molar-refractivity contribution is 0.0472. The van der Waals surface area contributed by atoms with Crippen LogP contribution in [-0.4, -0.2) is 31.3 Å². The van der Waals surface area contributed by atoms with Gasteiger partial charge in [0.25, 0.3) is 0 Å². The molecular formula is C22H21N3O3S. The number of ether oxygens (including phenoxy) is 1. The van der Waals surface area contributed by atoms with Gasteiger partial charge in [-0.05, 0) is 41.0 Å². The summed E-state index contributed by atoms with van der Waals surface area (Å²) in [6, 6.07) is 13.6. The van der Waals surface area contributed by atoms with Crippen molar-refractivity contribution < 1.29 is 13.7 Å². The fraction of sp³-hybridized carbons (Fsp3) is 0.227. The fourth-order valence-electron chi connectivity index (χ4n) is 3.39. The Morgan fingerprint density at radius 1 is 1.03 bits per heavy atom. The van der Waals surface area contributed by atoms with Crippen LogP contribution in [0.4, 0.5) is 0 Å². The van der Waals surface area contributed by atoms with Crippen molar-refractivity contribution in [3.05, 3.63) is 89.0 Å². The SMILES string of the molecule is CS(=O)c1ccc(CN2Cc3ccc(C(=O)OCc4cncnc4)cc3C2)cc1. The average Bonchev–Trinajstić information content (AvgIpc) is 3.14. The number of esters is 1. The fourth-order valence-corrected chi connectivity index (χ4v) is 3.90. The topological polar surface area (TPSA) is 72.4 Å². The number of rotatable bonds is 6. The molecule has 0 bridgehead atoms. The van der Waals surface area contributed by atoms with Crippen molar-refractivity contribution >= 4 is 16.8 Å². The molecule has 0 saturated heterocycles. The number of benzene rings is 2. The molecule has 1 aromatic heterocycles. The average molecular weight is 407 g/mol. The first-order valence-corrected chi connectivity index (χ1v) is 10.8. The van der Waals surface area contributed by atoms with Gasteiger partial charge in [-0.2, -0.15) is 0 Å². The van der Waals surface area contributed by atoms with Crippen LogP contribution < -0.4 is 0 Å². The predicted molar refractivity (Wildman–Crippen MR) is 109 cm³/mol. The van der Waals surface area contributed by atoms with Gasteiger partial charge in [-0.15, -0.1) is 0 Å². The Labute approximate surface area is 172 Å². The highest BCUT2D eigenvalue weighted by atomic mass is 32.2. The minimum Gasteiger partial charge on any atom is -0.457 e. The van der Waals surface area contributed by atoms with Gasteiger partial charge in [0.05, 0.1) is 5.56 Å². The van der Waals surface area contributed by atoms with Crippen molar-refractivity contribution in [1.82, 2.24) is 14.9 Å². The summed E-state index contributed by atoms with van der Waals surface area (Å²) in [7, 11) is -0.959. The number of carbonyl (C=O) groups excluding carboxylic acids is 1. The number of hydrogen-bond acceptors (Lipinski definition) is 6. The van der Waals surface area contributed by atoms with Crippen molar-refractivity contribution in [3.8, 4) is 0 Å². The van der Waals surface area contributed by atoms with E-state index in [1.165, 1.54) is 17.5 Å². The molecule has 1 aliphatic heterocycles. The second-order valence-corrected chi connectivity index (χ2v) is 8.43. The predicted octanol–water partition coefficient (Wildman–Crippen LogP) is 3.09. The Balaban J connectivity index is 1.37. The molecule has 0 aliphatic carbocycles. The molecule has 0 amide bonds. The molecule has 1 atom stereocenters. The standard InChI is InChI=1S/C22H21N3O3S/c1-29(27)21-6-2-16(3-7-21)11-25-12-19-5-4-18(8-20(19)13-25)22(26)28-14-17-9-23-15-24-10-17/h2-10,15H,11-14H2,1H3. The molecule has 0 radical (unpaired) electrons. The van der Waals surface area contributed by atoms with Crippen LogP contribution in [0.3, 0.4) is 0 Å². The Hall–Kier alpha value is -2.90. The van der Waals surface area contributed by atoms with Crippen LogP contribution in [0.1, 0.15) is 32.6 Å². The first-order valence-electron chi connectivity index (χ1n) is 9.26. The maximum absolute atomic E-state index is 12.4. The van der Waals surface area contributed by atoms with Crippen LogP contribution in [0.25, 0.3) is 0 Å². The van der Waals surface area contributed by atoms with E-state index >= 15 is 0 Å². The van der Waals surface area contributed by atoms with Gasteiger partial charge in [0, 0.05) is 59.5 Å². The summed E-state index contributed by atoms with van der Waals surface area (Å²) in [4.78, 5) is 23.4. The normalized spacial score (nSPS) is 14.4. The molecule has 148 valence electrons. The monoisotopic (exact) mass is 407 g/mol. The summed E-state index contributed by atoms with van der Waals surface area (Å²) >= 11 is 0. The lowest BCUT2D eigenvalue weighted by Gasteiger charge is -2.14. The molecule has 1 aliphatic rings. The van der Waals surface area contributed by atoms with E-state index in [1.807, 2.05) is 42.5 Å². The van der Waals surface area contributed by atoms with Gasteiger partial charge in [-0.25, -0.2) is 14.8 Å². The quantitative estimate of drug-likeness (QED) is 0.585. The second-order valence-electron chi connectivity index (χ2n) is 7.05. The van der Waals surface area contributed by atoms with Crippen LogP contribution in [0.5, 0.6) is 0 Å². The number of carbonyl (C=O) groups is 1. The van der Waals surface area contributed by atoms with Gasteiger partial charge in [-0.3, -0.25) is 9.11 Å². The molecule has 1 unspecified atom stereocenters. The molecular weight excluding hydrogens is 386 g/mol. The van der Waals surface area contributed by atoms with Crippen LogP contribution in [0.15, 0.2) is 66.1 Å². The molecule has 7 heteroatoms. The maximum Gasteiger partial charge on any atom is 0.338 e. The molecule has 0 N–H and O–H groups in total. The zero-order valence-corrected chi connectivity index (χ0v) is 16.9. The Morgan fingerprint density at radius 2 is 1.76 bits per heavy atom. The highest BCUT2D eigenvalue weighted by Gasteiger charge is 2.21. The van der Waals surface area contributed by atoms with Gasteiger partial charge < -0.3 is 4.74 Å². The summed E-state index contributed by atoms with van der Waals surface area (Å²) in [5.74, 6) is -0.349. The Morgan fingerprint density at radius 3 is 2.48 bits per heavy atom. The lowest BCUT2D eigenvalue weighted by Crippen LogP contribution is -2.15. The Kier molecular flexibility index (Phi) is 5.78. The summed E-state index contributed by atoms with van der Waals surface area (Å²) in [6.07, 6.45) is 6.38. The molecule has 3 aromatic rings. The third-order valence-corrected chi connectivity index (χ3v) is 5.81. The van der Waals surface area contributed by atoms with E-state index in [1.54, 1.807) is 18.6 Å². The molecule has 0 spiro atoms. The number of hydrogen-bond donors (Lipinski definition) is 0. The van der Waals surface area contributed by atoms with E-state index in [9.17, 15) is 9.00 Å². The van der Waals surface area contributed by atoms with Gasteiger partial charge in [0.2, 0.25) is 0 Å². The van der Waals surface area contributed by atoms with Crippen molar-refractivity contribution in [1.29, 1.82) is 0 Å². The van der Waals surface area contributed by atoms with Gasteiger partial charge in [0.15, 0.2) is 0 Å². The third-order valence-electron chi connectivity index (χ3n) is 4.88. The molecule has 0 fully saturated rings. The molecule has 2 aromatic carbocycles. The first kappa shape index (κ1) is 19.4. The van der Waals surface area contributed by atoms with Gasteiger partial charge in [-0.1, -0.05) is 18.2 Å². The largest absolute Gasteiger partial charge is 0.457 e. The van der Waals surface area contributed by atoms with Crippen molar-refractivity contribution in [2.45, 2.75) is 31.1 Å². The zero-order valence-electron chi connectivity index (χ0n) is 16.1. The van der Waals surface area contributed by atoms with Crippen LogP contribution >= 0.6 is 0 Å². The number of fused-ring (bicyclic) bond motifs is 1. The van der Waals surface area contributed by atoms with Crippen molar-refractivity contribution in [2.24, 2.45) is 0 Å². The minimum absolute atomic E-state index is 0.154. The highest BCUT2D eigenvalue weighted by molar-refractivity contribution is 7.84. The van der Waals surface area contributed by atoms with E-state index in [0.29, 0.717) is 5.56 Å². The number of aromatic nitrogens is 2. The minimum atomic E-state index is -0.959. The van der Waals surface area contributed by atoms with Crippen molar-refractivity contribution in [2.75, 3.05) is 6.26 Å². The summed E-state index contributed by atoms with van der Waals surface area (Å²) in [6.45, 7) is 2.58. The smallest absolute Gasteiger partial charge is 0.338 e. The van der Waals surface area contributed by atoms with E-state index in [2.05, 4.69) is 14.9 Å². The molecule has 0 saturated carbocycles. The van der Waals surface area contributed by atoms with Crippen LogP contribution in [-0.2, 0) is 41.8 Å². The summed E-state index contributed by atoms with van der Waals surface area (Å²) in [5.41, 5.74) is 4.86. The zero-order chi connectivity index (χ0) is 20.2. The summed E-state index contributed by atoms with van der Waals surface area (Å²) < 4.78 is 16.9. The first-order chi connectivity index (χ1) is 14.1. The highest BCUT2D eigenvalue weighted by Crippen LogP contribution is 2.26.